The Labute approximate surface area is 140 Å². The quantitative estimate of drug-likeness (QED) is 0.865. The predicted octanol–water partition coefficient (Wildman–Crippen LogP) is 3.44. The van der Waals surface area contributed by atoms with Gasteiger partial charge in [0.1, 0.15) is 17.6 Å². The van der Waals surface area contributed by atoms with E-state index in [1.807, 2.05) is 6.07 Å². The van der Waals surface area contributed by atoms with E-state index in [0.717, 1.165) is 18.4 Å². The van der Waals surface area contributed by atoms with Gasteiger partial charge >= 0.3 is 0 Å². The summed E-state index contributed by atoms with van der Waals surface area (Å²) in [7, 11) is 0. The minimum atomic E-state index is -0.286. The van der Waals surface area contributed by atoms with E-state index in [-0.39, 0.29) is 24.4 Å². The summed E-state index contributed by atoms with van der Waals surface area (Å²) in [6.45, 7) is 0.542. The summed E-state index contributed by atoms with van der Waals surface area (Å²) in [6, 6.07) is 15.1. The molecule has 3 rings (SSSR count). The highest BCUT2D eigenvalue weighted by Gasteiger charge is 2.30. The van der Waals surface area contributed by atoms with Crippen molar-refractivity contribution in [3.63, 3.8) is 0 Å². The molecule has 1 aliphatic heterocycles. The van der Waals surface area contributed by atoms with Gasteiger partial charge in [-0.25, -0.2) is 4.39 Å². The van der Waals surface area contributed by atoms with Crippen molar-refractivity contribution in [2.75, 3.05) is 13.2 Å². The molecule has 0 N–H and O–H groups in total. The fraction of sp³-hybridized carbons (Fsp3) is 0.263. The molecule has 5 heteroatoms. The van der Waals surface area contributed by atoms with Gasteiger partial charge in [-0.1, -0.05) is 24.3 Å². The van der Waals surface area contributed by atoms with Crippen molar-refractivity contribution in [3.8, 4) is 11.8 Å². The normalized spacial score (nSPS) is 16.7. The molecule has 0 aromatic heterocycles. The molecule has 0 aliphatic carbocycles. The Bertz CT molecular complexity index is 768. The van der Waals surface area contributed by atoms with Gasteiger partial charge in [0.25, 0.3) is 5.91 Å². The van der Waals surface area contributed by atoms with Crippen molar-refractivity contribution in [2.24, 2.45) is 0 Å². The van der Waals surface area contributed by atoms with Crippen molar-refractivity contribution in [3.05, 3.63) is 65.5 Å². The zero-order valence-corrected chi connectivity index (χ0v) is 13.1. The maximum Gasteiger partial charge on any atom is 0.261 e. The predicted molar refractivity (Wildman–Crippen MR) is 86.7 cm³/mol. The SMILES string of the molecule is N#Cc1ccccc1OCC(=O)N1CCCC1c1ccc(F)cc1. The van der Waals surface area contributed by atoms with Gasteiger partial charge in [0.15, 0.2) is 6.61 Å². The van der Waals surface area contributed by atoms with Crippen LogP contribution in [0.4, 0.5) is 4.39 Å². The second-order valence-electron chi connectivity index (χ2n) is 5.69. The summed E-state index contributed by atoms with van der Waals surface area (Å²) < 4.78 is 18.6. The van der Waals surface area contributed by atoms with Crippen LogP contribution in [0.3, 0.4) is 0 Å². The molecule has 0 radical (unpaired) electrons. The zero-order valence-electron chi connectivity index (χ0n) is 13.1. The van der Waals surface area contributed by atoms with E-state index in [9.17, 15) is 9.18 Å². The smallest absolute Gasteiger partial charge is 0.261 e. The number of nitrogens with zero attached hydrogens (tertiary/aromatic N) is 2. The first-order valence-corrected chi connectivity index (χ1v) is 7.86. The number of nitriles is 1. The van der Waals surface area contributed by atoms with Gasteiger partial charge in [0.05, 0.1) is 11.6 Å². The Morgan fingerprint density at radius 2 is 2.00 bits per heavy atom. The first kappa shape index (κ1) is 16.0. The first-order valence-electron chi connectivity index (χ1n) is 7.86. The molecule has 1 fully saturated rings. The van der Waals surface area contributed by atoms with Gasteiger partial charge in [0, 0.05) is 6.54 Å². The second-order valence-corrected chi connectivity index (χ2v) is 5.69. The molecule has 2 aromatic rings. The standard InChI is InChI=1S/C19H17FN2O2/c20-16-9-7-14(8-10-16)17-5-3-11-22(17)19(23)13-24-18-6-2-1-4-15(18)12-21/h1-2,4,6-10,17H,3,5,11,13H2. The van der Waals surface area contributed by atoms with E-state index in [0.29, 0.717) is 17.9 Å². The molecule has 1 unspecified atom stereocenters. The van der Waals surface area contributed by atoms with Crippen LogP contribution >= 0.6 is 0 Å². The van der Waals surface area contributed by atoms with Crippen LogP contribution in [0.2, 0.25) is 0 Å². The van der Waals surface area contributed by atoms with Crippen LogP contribution in [0.15, 0.2) is 48.5 Å². The summed E-state index contributed by atoms with van der Waals surface area (Å²) in [5, 5.41) is 9.05. The summed E-state index contributed by atoms with van der Waals surface area (Å²) >= 11 is 0. The molecule has 1 saturated heterocycles. The highest BCUT2D eigenvalue weighted by Crippen LogP contribution is 2.32. The molecule has 4 nitrogen and oxygen atoms in total. The summed E-state index contributed by atoms with van der Waals surface area (Å²) in [5.41, 5.74) is 1.33. The number of hydrogen-bond donors (Lipinski definition) is 0. The van der Waals surface area contributed by atoms with E-state index in [2.05, 4.69) is 0 Å². The minimum absolute atomic E-state index is 0.0482. The Kier molecular flexibility index (Phi) is 4.76. The highest BCUT2D eigenvalue weighted by atomic mass is 19.1. The van der Waals surface area contributed by atoms with E-state index < -0.39 is 0 Å². The third-order valence-corrected chi connectivity index (χ3v) is 4.19. The number of amides is 1. The van der Waals surface area contributed by atoms with Crippen LogP contribution in [0.5, 0.6) is 5.75 Å². The molecule has 1 amide bonds. The third kappa shape index (κ3) is 3.38. The van der Waals surface area contributed by atoms with Crippen molar-refractivity contribution in [1.29, 1.82) is 5.26 Å². The molecule has 0 spiro atoms. The number of likely N-dealkylation sites (tertiary alicyclic amines) is 1. The van der Waals surface area contributed by atoms with Gasteiger partial charge in [-0.05, 0) is 42.7 Å². The topological polar surface area (TPSA) is 53.3 Å². The van der Waals surface area contributed by atoms with E-state index in [4.69, 9.17) is 10.00 Å². The number of carbonyl (C=O) groups excluding carboxylic acids is 1. The molecular formula is C19H17FN2O2. The molecule has 122 valence electrons. The van der Waals surface area contributed by atoms with Gasteiger partial charge in [-0.2, -0.15) is 5.26 Å². The lowest BCUT2D eigenvalue weighted by Crippen LogP contribution is -2.34. The van der Waals surface area contributed by atoms with Crippen LogP contribution in [-0.2, 0) is 4.79 Å². The lowest BCUT2D eigenvalue weighted by atomic mass is 10.0. The summed E-state index contributed by atoms with van der Waals surface area (Å²) in [5.74, 6) is -0.00786. The van der Waals surface area contributed by atoms with Crippen LogP contribution in [0.1, 0.15) is 30.0 Å². The maximum absolute atomic E-state index is 13.1. The van der Waals surface area contributed by atoms with E-state index >= 15 is 0 Å². The Morgan fingerprint density at radius 1 is 1.25 bits per heavy atom. The molecule has 2 aromatic carbocycles. The molecule has 1 aliphatic rings. The number of ether oxygens (including phenoxy) is 1. The van der Waals surface area contributed by atoms with Gasteiger partial charge < -0.3 is 9.64 Å². The molecule has 1 atom stereocenters. The van der Waals surface area contributed by atoms with Gasteiger partial charge in [-0.3, -0.25) is 4.79 Å². The van der Waals surface area contributed by atoms with Crippen molar-refractivity contribution >= 4 is 5.91 Å². The highest BCUT2D eigenvalue weighted by molar-refractivity contribution is 5.78. The summed E-state index contributed by atoms with van der Waals surface area (Å²) in [6.07, 6.45) is 1.76. The maximum atomic E-state index is 13.1. The van der Waals surface area contributed by atoms with E-state index in [1.165, 1.54) is 12.1 Å². The first-order chi connectivity index (χ1) is 11.7. The van der Waals surface area contributed by atoms with Crippen molar-refractivity contribution in [1.82, 2.24) is 4.90 Å². The van der Waals surface area contributed by atoms with E-state index in [1.54, 1.807) is 41.3 Å². The number of carbonyl (C=O) groups is 1. The molecule has 1 heterocycles. The van der Waals surface area contributed by atoms with Crippen molar-refractivity contribution in [2.45, 2.75) is 18.9 Å². The third-order valence-electron chi connectivity index (χ3n) is 4.19. The Morgan fingerprint density at radius 3 is 2.75 bits per heavy atom. The van der Waals surface area contributed by atoms with Crippen molar-refractivity contribution < 1.29 is 13.9 Å². The Hall–Kier alpha value is -2.87. The molecular weight excluding hydrogens is 307 g/mol. The monoisotopic (exact) mass is 324 g/mol. The number of hydrogen-bond acceptors (Lipinski definition) is 3. The fourth-order valence-corrected chi connectivity index (χ4v) is 3.00. The van der Waals surface area contributed by atoms with Gasteiger partial charge in [-0.15, -0.1) is 0 Å². The van der Waals surface area contributed by atoms with Crippen LogP contribution in [-0.4, -0.2) is 24.0 Å². The second kappa shape index (κ2) is 7.14. The number of benzene rings is 2. The molecule has 0 saturated carbocycles. The van der Waals surface area contributed by atoms with Crippen LogP contribution in [0.25, 0.3) is 0 Å². The molecule has 0 bridgehead atoms. The lowest BCUT2D eigenvalue weighted by Gasteiger charge is -2.25. The minimum Gasteiger partial charge on any atom is -0.482 e. The fourth-order valence-electron chi connectivity index (χ4n) is 3.00. The molecule has 24 heavy (non-hydrogen) atoms. The van der Waals surface area contributed by atoms with Gasteiger partial charge in [0.2, 0.25) is 0 Å². The number of rotatable bonds is 4. The van der Waals surface area contributed by atoms with Crippen LogP contribution in [0, 0.1) is 17.1 Å². The average Bonchev–Trinajstić information content (AvgIpc) is 3.10. The largest absolute Gasteiger partial charge is 0.482 e. The average molecular weight is 324 g/mol. The number of halogens is 1. The number of para-hydroxylation sites is 1. The Balaban J connectivity index is 1.68. The summed E-state index contributed by atoms with van der Waals surface area (Å²) in [4.78, 5) is 14.3. The zero-order chi connectivity index (χ0) is 16.9. The lowest BCUT2D eigenvalue weighted by molar-refractivity contribution is -0.134. The van der Waals surface area contributed by atoms with Crippen LogP contribution < -0.4 is 4.74 Å².